The quantitative estimate of drug-likeness (QED) is 0.718. The number of aliphatic hydroxyl groups is 1. The van der Waals surface area contributed by atoms with E-state index in [1.165, 1.54) is 11.8 Å². The lowest BCUT2D eigenvalue weighted by Gasteiger charge is -2.26. The molecule has 0 bridgehead atoms. The second-order valence-corrected chi connectivity index (χ2v) is 8.64. The lowest BCUT2D eigenvalue weighted by molar-refractivity contribution is -0.194. The van der Waals surface area contributed by atoms with E-state index >= 15 is 0 Å². The molecule has 4 rings (SSSR count). The van der Waals surface area contributed by atoms with E-state index in [4.69, 9.17) is 18.6 Å². The van der Waals surface area contributed by atoms with Crippen LogP contribution in [0, 0.1) is 0 Å². The summed E-state index contributed by atoms with van der Waals surface area (Å²) >= 11 is 1.50. The van der Waals surface area contributed by atoms with Crippen molar-refractivity contribution in [2.24, 2.45) is 0 Å². The number of thioether (sulfide) groups is 1. The lowest BCUT2D eigenvalue weighted by Crippen LogP contribution is -2.38. The number of oxazole rings is 1. The number of nitrogens with zero attached hydrogens (tertiary/aromatic N) is 1. The number of para-hydroxylation sites is 2. The SMILES string of the molecule is CCCC[C@@H](O)[C@@H]1OC(CSc2nc3ccccc3o2)[C@@H]2OC(C)(C)O[C@H]12. The Kier molecular flexibility index (Phi) is 5.49. The topological polar surface area (TPSA) is 74.0 Å². The van der Waals surface area contributed by atoms with Crippen molar-refractivity contribution in [1.29, 1.82) is 0 Å². The highest BCUT2D eigenvalue weighted by atomic mass is 32.2. The molecule has 148 valence electrons. The van der Waals surface area contributed by atoms with Gasteiger partial charge in [-0.3, -0.25) is 0 Å². The maximum Gasteiger partial charge on any atom is 0.256 e. The van der Waals surface area contributed by atoms with Gasteiger partial charge < -0.3 is 23.7 Å². The van der Waals surface area contributed by atoms with Gasteiger partial charge in [0.2, 0.25) is 0 Å². The van der Waals surface area contributed by atoms with Crippen molar-refractivity contribution in [3.8, 4) is 0 Å². The third-order valence-corrected chi connectivity index (χ3v) is 5.98. The van der Waals surface area contributed by atoms with E-state index in [-0.39, 0.29) is 24.4 Å². The van der Waals surface area contributed by atoms with Crippen molar-refractivity contribution in [2.75, 3.05) is 5.75 Å². The molecule has 27 heavy (non-hydrogen) atoms. The average molecular weight is 394 g/mol. The van der Waals surface area contributed by atoms with Gasteiger partial charge in [0.05, 0.1) is 12.2 Å². The summed E-state index contributed by atoms with van der Waals surface area (Å²) in [6.45, 7) is 5.93. The lowest BCUT2D eigenvalue weighted by atomic mass is 10.0. The van der Waals surface area contributed by atoms with E-state index in [9.17, 15) is 5.11 Å². The number of fused-ring (bicyclic) bond motifs is 2. The fraction of sp³-hybridized carbons (Fsp3) is 0.650. The van der Waals surface area contributed by atoms with Gasteiger partial charge in [-0.05, 0) is 32.4 Å². The minimum Gasteiger partial charge on any atom is -0.431 e. The Morgan fingerprint density at radius 1 is 1.22 bits per heavy atom. The molecule has 1 aromatic heterocycles. The first-order valence-corrected chi connectivity index (χ1v) is 10.6. The molecule has 0 aliphatic carbocycles. The van der Waals surface area contributed by atoms with Crippen molar-refractivity contribution in [2.45, 2.75) is 81.6 Å². The van der Waals surface area contributed by atoms with Gasteiger partial charge in [0.1, 0.15) is 23.8 Å². The number of rotatable bonds is 7. The zero-order valence-electron chi connectivity index (χ0n) is 16.0. The van der Waals surface area contributed by atoms with E-state index in [2.05, 4.69) is 11.9 Å². The fourth-order valence-corrected chi connectivity index (χ4v) is 4.69. The molecule has 2 aliphatic heterocycles. The van der Waals surface area contributed by atoms with Gasteiger partial charge in [-0.15, -0.1) is 0 Å². The van der Waals surface area contributed by atoms with Crippen LogP contribution in [0.5, 0.6) is 0 Å². The summed E-state index contributed by atoms with van der Waals surface area (Å²) in [4.78, 5) is 4.50. The highest BCUT2D eigenvalue weighted by Gasteiger charge is 2.56. The zero-order valence-corrected chi connectivity index (χ0v) is 16.8. The molecular weight excluding hydrogens is 366 g/mol. The Morgan fingerprint density at radius 2 is 2.00 bits per heavy atom. The molecule has 1 unspecified atom stereocenters. The van der Waals surface area contributed by atoms with Crippen molar-refractivity contribution < 1.29 is 23.7 Å². The number of benzene rings is 1. The van der Waals surface area contributed by atoms with Crippen LogP contribution in [0.2, 0.25) is 0 Å². The minimum atomic E-state index is -0.664. The number of ether oxygens (including phenoxy) is 3. The molecule has 2 fully saturated rings. The minimum absolute atomic E-state index is 0.182. The Bertz CT molecular complexity index is 746. The van der Waals surface area contributed by atoms with E-state index < -0.39 is 11.9 Å². The van der Waals surface area contributed by atoms with Crippen molar-refractivity contribution in [3.63, 3.8) is 0 Å². The van der Waals surface area contributed by atoms with Crippen LogP contribution in [0.25, 0.3) is 11.1 Å². The molecule has 2 aromatic rings. The molecular formula is C20H27NO5S. The van der Waals surface area contributed by atoms with E-state index in [0.717, 1.165) is 23.9 Å². The van der Waals surface area contributed by atoms with Crippen LogP contribution in [0.4, 0.5) is 0 Å². The van der Waals surface area contributed by atoms with E-state index in [1.807, 2.05) is 38.1 Å². The Labute approximate surface area is 163 Å². The molecule has 0 amide bonds. The zero-order chi connectivity index (χ0) is 19.0. The van der Waals surface area contributed by atoms with Gasteiger partial charge in [0, 0.05) is 5.75 Å². The van der Waals surface area contributed by atoms with Gasteiger partial charge >= 0.3 is 0 Å². The fourth-order valence-electron chi connectivity index (χ4n) is 3.80. The molecule has 0 spiro atoms. The molecule has 5 atom stereocenters. The summed E-state index contributed by atoms with van der Waals surface area (Å²) in [7, 11) is 0. The van der Waals surface area contributed by atoms with Gasteiger partial charge in [-0.25, -0.2) is 4.98 Å². The Hall–Kier alpha value is -1.12. The number of aromatic nitrogens is 1. The number of aliphatic hydroxyl groups excluding tert-OH is 1. The monoisotopic (exact) mass is 393 g/mol. The second kappa shape index (κ2) is 7.72. The number of hydrogen-bond acceptors (Lipinski definition) is 7. The largest absolute Gasteiger partial charge is 0.431 e. The molecule has 6 nitrogen and oxygen atoms in total. The number of unbranched alkanes of at least 4 members (excludes halogenated alkanes) is 1. The summed E-state index contributed by atoms with van der Waals surface area (Å²) in [5.74, 6) is -0.0349. The smallest absolute Gasteiger partial charge is 0.256 e. The summed E-state index contributed by atoms with van der Waals surface area (Å²) in [5, 5.41) is 11.2. The van der Waals surface area contributed by atoms with Crippen molar-refractivity contribution in [3.05, 3.63) is 24.3 Å². The first kappa shape index (κ1) is 19.2. The molecule has 2 aliphatic rings. The molecule has 0 saturated carbocycles. The van der Waals surface area contributed by atoms with Crippen LogP contribution in [0.3, 0.4) is 0 Å². The number of hydrogen-bond donors (Lipinski definition) is 1. The van der Waals surface area contributed by atoms with Crippen molar-refractivity contribution in [1.82, 2.24) is 4.98 Å². The molecule has 0 radical (unpaired) electrons. The maximum atomic E-state index is 10.6. The molecule has 1 N–H and O–H groups in total. The maximum absolute atomic E-state index is 10.6. The van der Waals surface area contributed by atoms with Crippen LogP contribution < -0.4 is 0 Å². The van der Waals surface area contributed by atoms with Gasteiger partial charge in [0.25, 0.3) is 5.22 Å². The third-order valence-electron chi connectivity index (χ3n) is 5.06. The normalized spacial score (nSPS) is 30.7. The predicted molar refractivity (Wildman–Crippen MR) is 103 cm³/mol. The highest BCUT2D eigenvalue weighted by molar-refractivity contribution is 7.99. The molecule has 1 aromatic carbocycles. The van der Waals surface area contributed by atoms with Crippen molar-refractivity contribution >= 4 is 22.9 Å². The first-order valence-electron chi connectivity index (χ1n) is 9.64. The highest BCUT2D eigenvalue weighted by Crippen LogP contribution is 2.41. The van der Waals surface area contributed by atoms with Crippen LogP contribution in [0.1, 0.15) is 40.0 Å². The summed E-state index contributed by atoms with van der Waals surface area (Å²) in [6.07, 6.45) is 1.17. The predicted octanol–water partition coefficient (Wildman–Crippen LogP) is 3.76. The summed E-state index contributed by atoms with van der Waals surface area (Å²) < 4.78 is 24.1. The summed E-state index contributed by atoms with van der Waals surface area (Å²) in [5.41, 5.74) is 1.62. The standard InChI is InChI=1S/C20H27NO5S/c1-4-5-9-13(22)16-18-17(25-20(2,3)26-18)15(23-16)11-27-19-21-12-8-6-7-10-14(12)24-19/h6-8,10,13,15-18,22H,4-5,9,11H2,1-3H3/t13-,15?,16+,17+,18-/m1/s1. The first-order chi connectivity index (χ1) is 13.0. The van der Waals surface area contributed by atoms with Crippen LogP contribution >= 0.6 is 11.8 Å². The van der Waals surface area contributed by atoms with Crippen LogP contribution in [-0.4, -0.2) is 52.2 Å². The van der Waals surface area contributed by atoms with Gasteiger partial charge in [-0.1, -0.05) is 43.7 Å². The Balaban J connectivity index is 1.45. The van der Waals surface area contributed by atoms with Crippen LogP contribution in [0.15, 0.2) is 33.9 Å². The second-order valence-electron chi connectivity index (χ2n) is 7.67. The summed E-state index contributed by atoms with van der Waals surface area (Å²) in [6, 6.07) is 7.71. The molecule has 7 heteroatoms. The Morgan fingerprint density at radius 3 is 2.78 bits per heavy atom. The van der Waals surface area contributed by atoms with E-state index in [0.29, 0.717) is 17.4 Å². The van der Waals surface area contributed by atoms with Gasteiger partial charge in [-0.2, -0.15) is 0 Å². The van der Waals surface area contributed by atoms with Gasteiger partial charge in [0.15, 0.2) is 11.4 Å². The van der Waals surface area contributed by atoms with E-state index in [1.54, 1.807) is 0 Å². The third kappa shape index (κ3) is 4.03. The molecule has 2 saturated heterocycles. The van der Waals surface area contributed by atoms with Crippen LogP contribution in [-0.2, 0) is 14.2 Å². The average Bonchev–Trinajstić information content (AvgIpc) is 3.28. The molecule has 3 heterocycles.